The molecule has 8 nitrogen and oxygen atoms in total. The maximum Gasteiger partial charge on any atom is 0.271 e. The van der Waals surface area contributed by atoms with Crippen LogP contribution in [-0.4, -0.2) is 36.4 Å². The standard InChI is InChI=1S/C19H19N3O5/c1-3-20(15-7-5-4-6-13(15)2)18(23)11-21-16-10-14(22(25)26)8-9-17(16)27-12-19(21)24/h4-10H,3,11-12H2,1-2H3. The fraction of sp³-hybridized carbons (Fsp3) is 0.263. The van der Waals surface area contributed by atoms with Crippen molar-refractivity contribution in [1.29, 1.82) is 0 Å². The molecule has 0 aromatic heterocycles. The molecule has 1 aliphatic heterocycles. The van der Waals surface area contributed by atoms with Crippen molar-refractivity contribution < 1.29 is 19.2 Å². The van der Waals surface area contributed by atoms with Crippen LogP contribution in [0.4, 0.5) is 17.1 Å². The lowest BCUT2D eigenvalue weighted by atomic mass is 10.1. The monoisotopic (exact) mass is 369 g/mol. The summed E-state index contributed by atoms with van der Waals surface area (Å²) in [5, 5.41) is 11.1. The van der Waals surface area contributed by atoms with Crippen molar-refractivity contribution in [3.8, 4) is 5.75 Å². The molecule has 0 N–H and O–H groups in total. The van der Waals surface area contributed by atoms with E-state index in [1.54, 1.807) is 4.90 Å². The van der Waals surface area contributed by atoms with Crippen LogP contribution in [0.15, 0.2) is 42.5 Å². The summed E-state index contributed by atoms with van der Waals surface area (Å²) in [6, 6.07) is 11.5. The van der Waals surface area contributed by atoms with Crippen molar-refractivity contribution in [2.24, 2.45) is 0 Å². The number of hydrogen-bond acceptors (Lipinski definition) is 5. The highest BCUT2D eigenvalue weighted by Gasteiger charge is 2.30. The Morgan fingerprint density at radius 1 is 1.30 bits per heavy atom. The van der Waals surface area contributed by atoms with Gasteiger partial charge in [0.2, 0.25) is 5.91 Å². The first-order chi connectivity index (χ1) is 12.9. The molecular formula is C19H19N3O5. The fourth-order valence-electron chi connectivity index (χ4n) is 3.05. The average Bonchev–Trinajstić information content (AvgIpc) is 2.65. The van der Waals surface area contributed by atoms with Gasteiger partial charge in [0.15, 0.2) is 6.61 Å². The summed E-state index contributed by atoms with van der Waals surface area (Å²) < 4.78 is 5.33. The number of hydrogen-bond donors (Lipinski definition) is 0. The van der Waals surface area contributed by atoms with E-state index in [1.165, 1.54) is 23.1 Å². The zero-order valence-corrected chi connectivity index (χ0v) is 15.0. The number of aryl methyl sites for hydroxylation is 1. The molecule has 0 unspecified atom stereocenters. The lowest BCUT2D eigenvalue weighted by Gasteiger charge is -2.31. The molecule has 2 aromatic rings. The number of carbonyl (C=O) groups is 2. The van der Waals surface area contributed by atoms with Crippen LogP contribution >= 0.6 is 0 Å². The molecule has 1 heterocycles. The Hall–Kier alpha value is -3.42. The molecule has 0 radical (unpaired) electrons. The first kappa shape index (κ1) is 18.4. The largest absolute Gasteiger partial charge is 0.482 e. The molecular weight excluding hydrogens is 350 g/mol. The van der Waals surface area contributed by atoms with Crippen molar-refractivity contribution in [1.82, 2.24) is 0 Å². The van der Waals surface area contributed by atoms with Gasteiger partial charge in [0.1, 0.15) is 12.3 Å². The molecule has 0 spiro atoms. The van der Waals surface area contributed by atoms with Crippen molar-refractivity contribution >= 4 is 28.9 Å². The van der Waals surface area contributed by atoms with E-state index in [-0.39, 0.29) is 30.4 Å². The summed E-state index contributed by atoms with van der Waals surface area (Å²) in [4.78, 5) is 38.6. The molecule has 1 aliphatic rings. The maximum absolute atomic E-state index is 12.9. The number of ether oxygens (including phenoxy) is 1. The van der Waals surface area contributed by atoms with E-state index in [0.717, 1.165) is 11.3 Å². The molecule has 0 aliphatic carbocycles. The minimum Gasteiger partial charge on any atom is -0.482 e. The van der Waals surface area contributed by atoms with Crippen LogP contribution in [0.25, 0.3) is 0 Å². The second kappa shape index (κ2) is 7.45. The molecule has 27 heavy (non-hydrogen) atoms. The molecule has 2 amide bonds. The van der Waals surface area contributed by atoms with Gasteiger partial charge in [-0.3, -0.25) is 24.6 Å². The van der Waals surface area contributed by atoms with Crippen LogP contribution in [-0.2, 0) is 9.59 Å². The van der Waals surface area contributed by atoms with Gasteiger partial charge in [0, 0.05) is 24.4 Å². The highest BCUT2D eigenvalue weighted by molar-refractivity contribution is 6.06. The van der Waals surface area contributed by atoms with E-state index in [1.807, 2.05) is 38.1 Å². The Kier molecular flexibility index (Phi) is 5.07. The minimum absolute atomic E-state index is 0.171. The summed E-state index contributed by atoms with van der Waals surface area (Å²) in [7, 11) is 0. The first-order valence-electron chi connectivity index (χ1n) is 8.50. The molecule has 8 heteroatoms. The van der Waals surface area contributed by atoms with Gasteiger partial charge in [-0.25, -0.2) is 0 Å². The molecule has 140 valence electrons. The number of nitro groups is 1. The summed E-state index contributed by atoms with van der Waals surface area (Å²) in [6.07, 6.45) is 0. The number of fused-ring (bicyclic) bond motifs is 1. The smallest absolute Gasteiger partial charge is 0.271 e. The number of non-ortho nitro benzene ring substituents is 1. The van der Waals surface area contributed by atoms with Crippen LogP contribution in [0.1, 0.15) is 12.5 Å². The zero-order valence-electron chi connectivity index (χ0n) is 15.0. The van der Waals surface area contributed by atoms with Gasteiger partial charge in [-0.2, -0.15) is 0 Å². The summed E-state index contributed by atoms with van der Waals surface area (Å²) >= 11 is 0. The number of benzene rings is 2. The van der Waals surface area contributed by atoms with Crippen LogP contribution < -0.4 is 14.5 Å². The van der Waals surface area contributed by atoms with Crippen LogP contribution in [0.3, 0.4) is 0 Å². The third-order valence-corrected chi connectivity index (χ3v) is 4.41. The Labute approximate surface area is 156 Å². The van der Waals surface area contributed by atoms with Crippen LogP contribution in [0, 0.1) is 17.0 Å². The van der Waals surface area contributed by atoms with Gasteiger partial charge in [-0.15, -0.1) is 0 Å². The Morgan fingerprint density at radius 2 is 2.04 bits per heavy atom. The van der Waals surface area contributed by atoms with Gasteiger partial charge in [-0.1, -0.05) is 18.2 Å². The van der Waals surface area contributed by atoms with E-state index in [2.05, 4.69) is 0 Å². The van der Waals surface area contributed by atoms with Gasteiger partial charge in [0.05, 0.1) is 10.6 Å². The third kappa shape index (κ3) is 3.59. The SMILES string of the molecule is CCN(C(=O)CN1C(=O)COc2ccc([N+](=O)[O-])cc21)c1ccccc1C. The highest BCUT2D eigenvalue weighted by atomic mass is 16.6. The summed E-state index contributed by atoms with van der Waals surface area (Å²) in [5.74, 6) is -0.358. The zero-order chi connectivity index (χ0) is 19.6. The Balaban J connectivity index is 1.91. The molecule has 0 atom stereocenters. The fourth-order valence-corrected chi connectivity index (χ4v) is 3.05. The van der Waals surface area contributed by atoms with E-state index in [9.17, 15) is 19.7 Å². The predicted molar refractivity (Wildman–Crippen MR) is 100 cm³/mol. The topological polar surface area (TPSA) is 93.0 Å². The number of carbonyl (C=O) groups excluding carboxylic acids is 2. The number of likely N-dealkylation sites (N-methyl/N-ethyl adjacent to an activating group) is 1. The predicted octanol–water partition coefficient (Wildman–Crippen LogP) is 2.68. The summed E-state index contributed by atoms with van der Waals surface area (Å²) in [6.45, 7) is 3.76. The molecule has 3 rings (SSSR count). The van der Waals surface area contributed by atoms with Gasteiger partial charge < -0.3 is 9.64 Å². The molecule has 0 fully saturated rings. The van der Waals surface area contributed by atoms with E-state index >= 15 is 0 Å². The lowest BCUT2D eigenvalue weighted by Crippen LogP contribution is -2.46. The van der Waals surface area contributed by atoms with E-state index in [0.29, 0.717) is 12.3 Å². The van der Waals surface area contributed by atoms with Crippen molar-refractivity contribution in [2.45, 2.75) is 13.8 Å². The second-order valence-corrected chi connectivity index (χ2v) is 6.10. The molecule has 0 saturated heterocycles. The quantitative estimate of drug-likeness (QED) is 0.597. The van der Waals surface area contributed by atoms with Gasteiger partial charge in [-0.05, 0) is 31.5 Å². The number of anilines is 2. The lowest BCUT2D eigenvalue weighted by molar-refractivity contribution is -0.384. The minimum atomic E-state index is -0.551. The van der Waals surface area contributed by atoms with Crippen molar-refractivity contribution in [2.75, 3.05) is 29.5 Å². The second-order valence-electron chi connectivity index (χ2n) is 6.10. The Morgan fingerprint density at radius 3 is 2.70 bits per heavy atom. The molecule has 0 bridgehead atoms. The van der Waals surface area contributed by atoms with Gasteiger partial charge in [0.25, 0.3) is 11.6 Å². The normalized spacial score (nSPS) is 13.0. The number of rotatable bonds is 5. The van der Waals surface area contributed by atoms with Crippen molar-refractivity contribution in [3.05, 3.63) is 58.1 Å². The number of amides is 2. The van der Waals surface area contributed by atoms with Crippen molar-refractivity contribution in [3.63, 3.8) is 0 Å². The Bertz CT molecular complexity index is 912. The summed E-state index contributed by atoms with van der Waals surface area (Å²) in [5.41, 5.74) is 1.77. The number of nitro benzene ring substituents is 1. The highest BCUT2D eigenvalue weighted by Crippen LogP contribution is 2.35. The van der Waals surface area contributed by atoms with E-state index < -0.39 is 10.8 Å². The molecule has 0 saturated carbocycles. The van der Waals surface area contributed by atoms with Gasteiger partial charge >= 0.3 is 0 Å². The van der Waals surface area contributed by atoms with Crippen LogP contribution in [0.5, 0.6) is 5.75 Å². The first-order valence-corrected chi connectivity index (χ1v) is 8.50. The van der Waals surface area contributed by atoms with Crippen LogP contribution in [0.2, 0.25) is 0 Å². The van der Waals surface area contributed by atoms with E-state index in [4.69, 9.17) is 4.74 Å². The third-order valence-electron chi connectivity index (χ3n) is 4.41. The maximum atomic E-state index is 12.9. The number of para-hydroxylation sites is 1. The average molecular weight is 369 g/mol. The molecule has 2 aromatic carbocycles. The number of nitrogens with zero attached hydrogens (tertiary/aromatic N) is 3.